The predicted molar refractivity (Wildman–Crippen MR) is 79.0 cm³/mol. The van der Waals surface area contributed by atoms with Crippen LogP contribution in [0.4, 0.5) is 5.69 Å². The maximum atomic E-state index is 7.97. The lowest BCUT2D eigenvalue weighted by Crippen LogP contribution is -2.49. The van der Waals surface area contributed by atoms with E-state index in [0.717, 1.165) is 30.6 Å². The van der Waals surface area contributed by atoms with Crippen molar-refractivity contribution in [3.8, 4) is 0 Å². The molecule has 102 valence electrons. The van der Waals surface area contributed by atoms with Crippen LogP contribution in [0.15, 0.2) is 24.3 Å². The molecule has 19 heavy (non-hydrogen) atoms. The minimum atomic E-state index is 0.0495. The smallest absolute Gasteiger partial charge is 0.198 e. The molecule has 0 spiro atoms. The van der Waals surface area contributed by atoms with Crippen LogP contribution in [0.25, 0.3) is 0 Å². The zero-order valence-electron chi connectivity index (χ0n) is 11.2. The average Bonchev–Trinajstić information content (AvgIpc) is 2.39. The van der Waals surface area contributed by atoms with Crippen LogP contribution in [0, 0.1) is 17.7 Å². The number of benzene rings is 1. The molecule has 0 bridgehead atoms. The maximum absolute atomic E-state index is 7.97. The van der Waals surface area contributed by atoms with Crippen molar-refractivity contribution >= 4 is 17.5 Å². The van der Waals surface area contributed by atoms with Crippen molar-refractivity contribution in [2.45, 2.75) is 32.2 Å². The second-order valence-electron chi connectivity index (χ2n) is 4.91. The first kappa shape index (κ1) is 13.5. The van der Waals surface area contributed by atoms with E-state index in [1.54, 1.807) is 0 Å². The summed E-state index contributed by atoms with van der Waals surface area (Å²) < 4.78 is 0. The summed E-state index contributed by atoms with van der Waals surface area (Å²) in [6, 6.07) is 7.88. The molecule has 1 aliphatic heterocycles. The third-order valence-electron chi connectivity index (χ3n) is 3.21. The number of piperidine rings is 1. The Kier molecular flexibility index (Phi) is 4.52. The largest absolute Gasteiger partial charge is 0.326 e. The lowest BCUT2D eigenvalue weighted by molar-refractivity contribution is 0.466. The number of nitrogens with one attached hydrogen (secondary N) is 5. The van der Waals surface area contributed by atoms with Crippen molar-refractivity contribution in [1.82, 2.24) is 10.6 Å². The van der Waals surface area contributed by atoms with Crippen LogP contribution in [0.3, 0.4) is 0 Å². The molecule has 1 aliphatic rings. The molecule has 1 saturated heterocycles. The standard InChI is InChI=1S/C14H21N5/c1-10-5-4-6-11(9-10)18-14(16)19-13(15)12-7-2-3-8-17-12/h4-6,9,12,17H,2-3,7-8H2,1H3,(H4,15,16,18,19). The summed E-state index contributed by atoms with van der Waals surface area (Å²) in [5.74, 6) is 0.507. The van der Waals surface area contributed by atoms with Gasteiger partial charge in [-0.15, -0.1) is 0 Å². The Labute approximate surface area is 113 Å². The van der Waals surface area contributed by atoms with Gasteiger partial charge >= 0.3 is 0 Å². The normalized spacial score (nSPS) is 18.7. The Balaban J connectivity index is 1.85. The average molecular weight is 259 g/mol. The summed E-state index contributed by atoms with van der Waals surface area (Å²) in [6.45, 7) is 2.96. The monoisotopic (exact) mass is 259 g/mol. The van der Waals surface area contributed by atoms with Gasteiger partial charge in [-0.2, -0.15) is 0 Å². The molecular weight excluding hydrogens is 238 g/mol. The first-order valence-electron chi connectivity index (χ1n) is 6.66. The van der Waals surface area contributed by atoms with Gasteiger partial charge in [-0.05, 0) is 44.0 Å². The molecule has 1 aromatic carbocycles. The Morgan fingerprint density at radius 3 is 2.84 bits per heavy atom. The summed E-state index contributed by atoms with van der Waals surface area (Å²) >= 11 is 0. The Morgan fingerprint density at radius 1 is 1.32 bits per heavy atom. The van der Waals surface area contributed by atoms with Crippen LogP contribution in [0.2, 0.25) is 0 Å². The lowest BCUT2D eigenvalue weighted by Gasteiger charge is -2.24. The van der Waals surface area contributed by atoms with Gasteiger partial charge in [-0.3, -0.25) is 10.8 Å². The maximum Gasteiger partial charge on any atom is 0.198 e. The quantitative estimate of drug-likeness (QED) is 0.416. The number of amidine groups is 1. The molecule has 1 aromatic rings. The fraction of sp³-hybridized carbons (Fsp3) is 0.429. The molecule has 1 atom stereocenters. The fourth-order valence-corrected chi connectivity index (χ4v) is 2.22. The molecule has 5 N–H and O–H groups in total. The number of aryl methyl sites for hydroxylation is 1. The molecule has 1 fully saturated rings. The molecule has 0 amide bonds. The predicted octanol–water partition coefficient (Wildman–Crippen LogP) is 2.05. The van der Waals surface area contributed by atoms with E-state index in [4.69, 9.17) is 10.8 Å². The SMILES string of the molecule is Cc1cccc(NC(=N)NC(=N)C2CCCCN2)c1. The second-order valence-corrected chi connectivity index (χ2v) is 4.91. The first-order chi connectivity index (χ1) is 9.15. The molecule has 5 heteroatoms. The third-order valence-corrected chi connectivity index (χ3v) is 3.21. The highest BCUT2D eigenvalue weighted by atomic mass is 15.2. The Bertz CT molecular complexity index is 463. The van der Waals surface area contributed by atoms with Crippen LogP contribution >= 0.6 is 0 Å². The lowest BCUT2D eigenvalue weighted by atomic mass is 10.0. The molecule has 1 unspecified atom stereocenters. The molecule has 0 saturated carbocycles. The van der Waals surface area contributed by atoms with Gasteiger partial charge in [0.25, 0.3) is 0 Å². The molecule has 1 heterocycles. The van der Waals surface area contributed by atoms with Crippen LogP contribution in [0.1, 0.15) is 24.8 Å². The van der Waals surface area contributed by atoms with Crippen molar-refractivity contribution in [3.63, 3.8) is 0 Å². The van der Waals surface area contributed by atoms with E-state index in [0.29, 0.717) is 5.84 Å². The van der Waals surface area contributed by atoms with E-state index < -0.39 is 0 Å². The first-order valence-corrected chi connectivity index (χ1v) is 6.66. The van der Waals surface area contributed by atoms with Crippen molar-refractivity contribution in [2.24, 2.45) is 0 Å². The molecule has 0 radical (unpaired) electrons. The number of hydrogen-bond acceptors (Lipinski definition) is 3. The fourth-order valence-electron chi connectivity index (χ4n) is 2.22. The van der Waals surface area contributed by atoms with Crippen molar-refractivity contribution < 1.29 is 0 Å². The molecule has 2 rings (SSSR count). The Hall–Kier alpha value is -1.88. The third kappa shape index (κ3) is 4.06. The van der Waals surface area contributed by atoms with Crippen LogP contribution in [-0.2, 0) is 0 Å². The summed E-state index contributed by atoms with van der Waals surface area (Å²) in [6.07, 6.45) is 3.27. The van der Waals surface area contributed by atoms with Gasteiger partial charge in [-0.1, -0.05) is 18.6 Å². The van der Waals surface area contributed by atoms with Crippen LogP contribution in [-0.4, -0.2) is 24.4 Å². The highest BCUT2D eigenvalue weighted by Crippen LogP contribution is 2.09. The van der Waals surface area contributed by atoms with Gasteiger partial charge in [0.05, 0.1) is 6.04 Å². The summed E-state index contributed by atoms with van der Waals surface area (Å²) in [5.41, 5.74) is 2.00. The molecule has 0 aliphatic carbocycles. The van der Waals surface area contributed by atoms with E-state index in [2.05, 4.69) is 16.0 Å². The molecule has 5 nitrogen and oxygen atoms in total. The van der Waals surface area contributed by atoms with Crippen molar-refractivity contribution in [2.75, 3.05) is 11.9 Å². The highest BCUT2D eigenvalue weighted by molar-refractivity contribution is 6.05. The Morgan fingerprint density at radius 2 is 2.16 bits per heavy atom. The van der Waals surface area contributed by atoms with Crippen molar-refractivity contribution in [1.29, 1.82) is 10.8 Å². The number of anilines is 1. The number of hydrogen-bond donors (Lipinski definition) is 5. The molecule has 0 aromatic heterocycles. The summed E-state index contributed by atoms with van der Waals surface area (Å²) in [4.78, 5) is 0. The van der Waals surface area contributed by atoms with Crippen LogP contribution < -0.4 is 16.0 Å². The van der Waals surface area contributed by atoms with Crippen molar-refractivity contribution in [3.05, 3.63) is 29.8 Å². The second kappa shape index (κ2) is 6.33. The van der Waals surface area contributed by atoms with Gasteiger partial charge < -0.3 is 16.0 Å². The van der Waals surface area contributed by atoms with E-state index >= 15 is 0 Å². The van der Waals surface area contributed by atoms with E-state index in [-0.39, 0.29) is 12.0 Å². The summed E-state index contributed by atoms with van der Waals surface area (Å²) in [5, 5.41) is 24.9. The van der Waals surface area contributed by atoms with Gasteiger partial charge in [-0.25, -0.2) is 0 Å². The van der Waals surface area contributed by atoms with Gasteiger partial charge in [0.2, 0.25) is 0 Å². The topological polar surface area (TPSA) is 83.8 Å². The summed E-state index contributed by atoms with van der Waals surface area (Å²) in [7, 11) is 0. The van der Waals surface area contributed by atoms with E-state index in [1.807, 2.05) is 31.2 Å². The number of guanidine groups is 1. The zero-order chi connectivity index (χ0) is 13.7. The van der Waals surface area contributed by atoms with E-state index in [9.17, 15) is 0 Å². The minimum Gasteiger partial charge on any atom is -0.326 e. The van der Waals surface area contributed by atoms with Gasteiger partial charge in [0.1, 0.15) is 5.84 Å². The molecular formula is C14H21N5. The highest BCUT2D eigenvalue weighted by Gasteiger charge is 2.17. The van der Waals surface area contributed by atoms with E-state index in [1.165, 1.54) is 6.42 Å². The van der Waals surface area contributed by atoms with Gasteiger partial charge in [0, 0.05) is 5.69 Å². The zero-order valence-corrected chi connectivity index (χ0v) is 11.2. The van der Waals surface area contributed by atoms with Crippen LogP contribution in [0.5, 0.6) is 0 Å². The minimum absolute atomic E-state index is 0.0495. The van der Waals surface area contributed by atoms with Gasteiger partial charge in [0.15, 0.2) is 5.96 Å². The number of rotatable bonds is 2.